The number of carbonyl (C=O) groups is 2. The minimum Gasteiger partial charge on any atom is -0.462 e. The second-order valence-corrected chi connectivity index (χ2v) is 5.09. The molecule has 1 aliphatic rings. The molecule has 112 valence electrons. The van der Waals surface area contributed by atoms with Crippen LogP contribution in [0.25, 0.3) is 6.08 Å². The predicted octanol–water partition coefficient (Wildman–Crippen LogP) is 2.84. The van der Waals surface area contributed by atoms with E-state index in [4.69, 9.17) is 16.0 Å². The number of hydrazine groups is 1. The first kappa shape index (κ1) is 14.3. The highest BCUT2D eigenvalue weighted by Crippen LogP contribution is 2.26. The monoisotopic (exact) mass is 320 g/mol. The smallest absolute Gasteiger partial charge is 0.282 e. The lowest BCUT2D eigenvalue weighted by Gasteiger charge is -2.14. The van der Waals surface area contributed by atoms with Crippen molar-refractivity contribution in [3.05, 3.63) is 58.3 Å². The number of nitrogens with zero attached hydrogens (tertiary/aromatic N) is 1. The van der Waals surface area contributed by atoms with Crippen molar-refractivity contribution in [1.29, 1.82) is 0 Å². The predicted molar refractivity (Wildman–Crippen MR) is 78.5 cm³/mol. The van der Waals surface area contributed by atoms with Crippen molar-refractivity contribution < 1.29 is 18.4 Å². The first-order chi connectivity index (χ1) is 10.5. The molecule has 1 aromatic heterocycles. The third-order valence-corrected chi connectivity index (χ3v) is 3.39. The van der Waals surface area contributed by atoms with E-state index in [2.05, 4.69) is 5.43 Å². The van der Waals surface area contributed by atoms with Gasteiger partial charge in [-0.3, -0.25) is 15.0 Å². The van der Waals surface area contributed by atoms with Crippen molar-refractivity contribution in [2.24, 2.45) is 0 Å². The number of amides is 2. The van der Waals surface area contributed by atoms with Crippen LogP contribution in [0.4, 0.5) is 10.1 Å². The van der Waals surface area contributed by atoms with Crippen molar-refractivity contribution in [2.75, 3.05) is 5.01 Å². The molecule has 22 heavy (non-hydrogen) atoms. The molecule has 0 unspecified atom stereocenters. The van der Waals surface area contributed by atoms with E-state index in [9.17, 15) is 14.0 Å². The summed E-state index contributed by atoms with van der Waals surface area (Å²) in [5.41, 5.74) is 2.59. The van der Waals surface area contributed by atoms with Crippen LogP contribution in [-0.4, -0.2) is 11.8 Å². The largest absolute Gasteiger partial charge is 0.462 e. The number of nitrogens with one attached hydrogen (secondary N) is 1. The number of rotatable bonds is 2. The average molecular weight is 321 g/mol. The van der Waals surface area contributed by atoms with Crippen LogP contribution in [0.1, 0.15) is 11.5 Å². The van der Waals surface area contributed by atoms with E-state index in [0.29, 0.717) is 11.5 Å². The molecule has 2 aromatic rings. The number of carbonyl (C=O) groups excluding carboxylic acids is 2. The Bertz CT molecular complexity index is 813. The van der Waals surface area contributed by atoms with Gasteiger partial charge in [0.05, 0.1) is 10.7 Å². The second-order valence-electron chi connectivity index (χ2n) is 4.69. The van der Waals surface area contributed by atoms with Crippen LogP contribution in [-0.2, 0) is 9.59 Å². The van der Waals surface area contributed by atoms with Gasteiger partial charge in [-0.1, -0.05) is 11.6 Å². The van der Waals surface area contributed by atoms with Crippen LogP contribution in [0.5, 0.6) is 0 Å². The Morgan fingerprint density at radius 1 is 1.27 bits per heavy atom. The molecule has 0 aliphatic carbocycles. The Balaban J connectivity index is 1.94. The summed E-state index contributed by atoms with van der Waals surface area (Å²) in [4.78, 5) is 24.3. The van der Waals surface area contributed by atoms with Crippen LogP contribution in [0.2, 0.25) is 5.02 Å². The Morgan fingerprint density at radius 3 is 2.68 bits per heavy atom. The normalized spacial score (nSPS) is 16.5. The maximum absolute atomic E-state index is 13.2. The SMILES string of the molecule is Cc1ccc(C=C2C(=O)NN(c3ccc(F)c(Cl)c3)C2=O)o1. The van der Waals surface area contributed by atoms with Crippen LogP contribution >= 0.6 is 11.6 Å². The molecule has 3 rings (SSSR count). The lowest BCUT2D eigenvalue weighted by atomic mass is 10.2. The molecule has 2 amide bonds. The van der Waals surface area contributed by atoms with Crippen LogP contribution in [0, 0.1) is 12.7 Å². The number of benzene rings is 1. The zero-order chi connectivity index (χ0) is 15.9. The fourth-order valence-electron chi connectivity index (χ4n) is 2.04. The van der Waals surface area contributed by atoms with E-state index in [1.807, 2.05) is 0 Å². The van der Waals surface area contributed by atoms with Crippen molar-refractivity contribution in [2.45, 2.75) is 6.92 Å². The summed E-state index contributed by atoms with van der Waals surface area (Å²) in [6, 6.07) is 7.10. The van der Waals surface area contributed by atoms with Gasteiger partial charge in [-0.15, -0.1) is 0 Å². The highest BCUT2D eigenvalue weighted by Gasteiger charge is 2.35. The number of furan rings is 1. The molecule has 0 atom stereocenters. The molecule has 5 nitrogen and oxygen atoms in total. The standard InChI is InChI=1S/C15H10ClFN2O3/c1-8-2-4-10(22-8)7-11-14(20)18-19(15(11)21)9-3-5-13(17)12(16)6-9/h2-7H,1H3,(H,18,20). The summed E-state index contributed by atoms with van der Waals surface area (Å²) in [7, 11) is 0. The molecular formula is C15H10ClFN2O3. The molecule has 7 heteroatoms. The molecule has 0 bridgehead atoms. The third-order valence-electron chi connectivity index (χ3n) is 3.10. The summed E-state index contributed by atoms with van der Waals surface area (Å²) in [6.07, 6.45) is 1.36. The number of anilines is 1. The molecule has 2 heterocycles. The quantitative estimate of drug-likeness (QED) is 0.683. The van der Waals surface area contributed by atoms with Gasteiger partial charge in [0.25, 0.3) is 11.8 Å². The Morgan fingerprint density at radius 2 is 2.05 bits per heavy atom. The molecular weight excluding hydrogens is 311 g/mol. The summed E-state index contributed by atoms with van der Waals surface area (Å²) >= 11 is 5.69. The maximum atomic E-state index is 13.2. The lowest BCUT2D eigenvalue weighted by Crippen LogP contribution is -2.35. The van der Waals surface area contributed by atoms with Crippen LogP contribution in [0.15, 0.2) is 40.3 Å². The van der Waals surface area contributed by atoms with Gasteiger partial charge in [-0.05, 0) is 43.3 Å². The number of halogens is 2. The average Bonchev–Trinajstić information content (AvgIpc) is 3.00. The Labute approximate surface area is 129 Å². The summed E-state index contributed by atoms with van der Waals surface area (Å²) < 4.78 is 18.5. The Kier molecular flexibility index (Phi) is 3.46. The Hall–Kier alpha value is -2.60. The van der Waals surface area contributed by atoms with E-state index in [0.717, 1.165) is 11.1 Å². The van der Waals surface area contributed by atoms with Gasteiger partial charge in [0.1, 0.15) is 22.9 Å². The summed E-state index contributed by atoms with van der Waals surface area (Å²) in [6.45, 7) is 1.76. The second kappa shape index (κ2) is 5.31. The number of hydrogen-bond acceptors (Lipinski definition) is 3. The van der Waals surface area contributed by atoms with E-state index in [-0.39, 0.29) is 16.3 Å². The van der Waals surface area contributed by atoms with Crippen LogP contribution in [0.3, 0.4) is 0 Å². The van der Waals surface area contributed by atoms with Gasteiger partial charge in [-0.2, -0.15) is 0 Å². The fraction of sp³-hybridized carbons (Fsp3) is 0.0667. The molecule has 1 fully saturated rings. The summed E-state index contributed by atoms with van der Waals surface area (Å²) in [5, 5.41) is 0.869. The zero-order valence-corrected chi connectivity index (χ0v) is 12.1. The minimum absolute atomic E-state index is 0.0743. The minimum atomic E-state index is -0.606. The topological polar surface area (TPSA) is 62.6 Å². The number of hydrogen-bond donors (Lipinski definition) is 1. The first-order valence-corrected chi connectivity index (χ1v) is 6.72. The van der Waals surface area contributed by atoms with Crippen molar-refractivity contribution >= 4 is 35.2 Å². The van der Waals surface area contributed by atoms with E-state index in [1.165, 1.54) is 18.2 Å². The van der Waals surface area contributed by atoms with Crippen molar-refractivity contribution in [1.82, 2.24) is 5.43 Å². The fourth-order valence-corrected chi connectivity index (χ4v) is 2.21. The van der Waals surface area contributed by atoms with Gasteiger partial charge >= 0.3 is 0 Å². The van der Waals surface area contributed by atoms with Crippen LogP contribution < -0.4 is 10.4 Å². The highest BCUT2D eigenvalue weighted by atomic mass is 35.5. The van der Waals surface area contributed by atoms with Gasteiger partial charge in [0.15, 0.2) is 0 Å². The third kappa shape index (κ3) is 2.48. The molecule has 1 saturated heterocycles. The van der Waals surface area contributed by atoms with Gasteiger partial charge in [0.2, 0.25) is 0 Å². The van der Waals surface area contributed by atoms with E-state index in [1.54, 1.807) is 19.1 Å². The zero-order valence-electron chi connectivity index (χ0n) is 11.4. The van der Waals surface area contributed by atoms with E-state index >= 15 is 0 Å². The molecule has 1 N–H and O–H groups in total. The van der Waals surface area contributed by atoms with Crippen molar-refractivity contribution in [3.63, 3.8) is 0 Å². The molecule has 1 aromatic carbocycles. The van der Waals surface area contributed by atoms with E-state index < -0.39 is 17.6 Å². The lowest BCUT2D eigenvalue weighted by molar-refractivity contribution is -0.117. The molecule has 0 spiro atoms. The number of aryl methyl sites for hydroxylation is 1. The molecule has 0 saturated carbocycles. The van der Waals surface area contributed by atoms with Gasteiger partial charge in [-0.25, -0.2) is 9.40 Å². The molecule has 1 aliphatic heterocycles. The summed E-state index contributed by atoms with van der Waals surface area (Å²) in [5.74, 6) is -0.679. The molecule has 0 radical (unpaired) electrons. The highest BCUT2D eigenvalue weighted by molar-refractivity contribution is 6.33. The maximum Gasteiger partial charge on any atom is 0.282 e. The van der Waals surface area contributed by atoms with Gasteiger partial charge < -0.3 is 4.42 Å². The van der Waals surface area contributed by atoms with Crippen molar-refractivity contribution in [3.8, 4) is 0 Å². The van der Waals surface area contributed by atoms with Gasteiger partial charge in [0, 0.05) is 0 Å². The first-order valence-electron chi connectivity index (χ1n) is 6.34.